The van der Waals surface area contributed by atoms with Crippen LogP contribution < -0.4 is 33.7 Å². The van der Waals surface area contributed by atoms with Crippen LogP contribution >= 0.6 is 6.72 Å². The Morgan fingerprint density at radius 2 is 0.966 bits per heavy atom. The van der Waals surface area contributed by atoms with E-state index in [1.54, 1.807) is 31.2 Å². The fourth-order valence-electron chi connectivity index (χ4n) is 9.80. The monoisotopic (exact) mass is 1260 g/mol. The predicted octanol–water partition coefficient (Wildman–Crippen LogP) is 3.76. The number of nitrogens with one attached hydrogen (secondary N) is 3. The van der Waals surface area contributed by atoms with Crippen molar-refractivity contribution >= 4 is 42.4 Å². The lowest BCUT2D eigenvalue weighted by atomic mass is 10.0. The number of rotatable bonds is 21. The summed E-state index contributed by atoms with van der Waals surface area (Å²) in [5, 5.41) is 9.58. The highest BCUT2D eigenvalue weighted by Gasteiger charge is 2.45. The third kappa shape index (κ3) is 16.7. The van der Waals surface area contributed by atoms with E-state index in [0.717, 1.165) is 37.9 Å². The van der Waals surface area contributed by atoms with Crippen molar-refractivity contribution in [3.63, 3.8) is 0 Å². The number of benzene rings is 2. The van der Waals surface area contributed by atoms with Crippen LogP contribution in [0.4, 0.5) is 0 Å². The van der Waals surface area contributed by atoms with Gasteiger partial charge in [-0.3, -0.25) is 43.0 Å². The zero-order valence-electron chi connectivity index (χ0n) is 50.1. The topological polar surface area (TPSA) is 350 Å². The zero-order chi connectivity index (χ0) is 64.5. The molecule has 8 rings (SSSR count). The van der Waals surface area contributed by atoms with Crippen LogP contribution in [-0.4, -0.2) is 134 Å². The Morgan fingerprint density at radius 3 is 1.35 bits per heavy atom. The lowest BCUT2D eigenvalue weighted by Crippen LogP contribution is -2.33. The molecule has 0 amide bonds. The van der Waals surface area contributed by atoms with Crippen LogP contribution in [0.1, 0.15) is 122 Å². The number of esters is 4. The first-order chi connectivity index (χ1) is 41.6. The molecular formula is C58H70N7O21PS. The van der Waals surface area contributed by atoms with Crippen LogP contribution in [0.5, 0.6) is 0 Å². The minimum absolute atomic E-state index is 0.0602. The third-order valence-electron chi connectivity index (χ3n) is 15.1. The van der Waals surface area contributed by atoms with Gasteiger partial charge in [0.25, 0.3) is 16.7 Å². The van der Waals surface area contributed by atoms with E-state index in [1.165, 1.54) is 41.6 Å². The Morgan fingerprint density at radius 1 is 0.591 bits per heavy atom. The van der Waals surface area contributed by atoms with Gasteiger partial charge in [0.1, 0.15) is 49.7 Å². The predicted molar refractivity (Wildman–Crippen MR) is 315 cm³/mol. The lowest BCUT2D eigenvalue weighted by Gasteiger charge is -2.28. The molecule has 10 unspecified atom stereocenters. The molecule has 0 spiro atoms. The van der Waals surface area contributed by atoms with Crippen LogP contribution in [0.15, 0.2) is 71.6 Å². The van der Waals surface area contributed by atoms with Crippen molar-refractivity contribution in [2.24, 2.45) is 0 Å². The average molecular weight is 1260 g/mol. The molecule has 3 aliphatic rings. The summed E-state index contributed by atoms with van der Waals surface area (Å²) in [6.07, 6.45) is -3.22. The molecule has 0 aliphatic carbocycles. The third-order valence-corrected chi connectivity index (χ3v) is 17.5. The van der Waals surface area contributed by atoms with Gasteiger partial charge in [0, 0.05) is 54.5 Å². The number of ether oxygens (including phenoxy) is 7. The number of aliphatic hydroxyl groups is 1. The van der Waals surface area contributed by atoms with Crippen molar-refractivity contribution < 1.29 is 71.0 Å². The van der Waals surface area contributed by atoms with Crippen molar-refractivity contribution in [2.45, 2.75) is 150 Å². The van der Waals surface area contributed by atoms with E-state index in [9.17, 15) is 53.1 Å². The highest BCUT2D eigenvalue weighted by Crippen LogP contribution is 2.54. The zero-order valence-corrected chi connectivity index (χ0v) is 51.8. The summed E-state index contributed by atoms with van der Waals surface area (Å²) in [5.41, 5.74) is 3.50. The summed E-state index contributed by atoms with van der Waals surface area (Å²) in [5.74, 6) is -3.08. The van der Waals surface area contributed by atoms with E-state index in [2.05, 4.69) is 19.8 Å². The molecule has 4 N–H and O–H groups in total. The van der Waals surface area contributed by atoms with E-state index in [0.29, 0.717) is 23.1 Å². The summed E-state index contributed by atoms with van der Waals surface area (Å²) < 4.78 is 61.2. The molecule has 474 valence electrons. The van der Waals surface area contributed by atoms with Crippen molar-refractivity contribution in [3.05, 3.63) is 178 Å². The largest absolute Gasteiger partial charge is 0.457 e. The first-order valence-electron chi connectivity index (χ1n) is 28.0. The summed E-state index contributed by atoms with van der Waals surface area (Å²) in [6, 6.07) is 6.72. The number of H-pyrrole nitrogens is 3. The molecule has 3 fully saturated rings. The van der Waals surface area contributed by atoms with E-state index in [4.69, 9.17) is 65.1 Å². The lowest BCUT2D eigenvalue weighted by molar-refractivity contribution is -0.157. The molecule has 3 aromatic heterocycles. The highest BCUT2D eigenvalue weighted by molar-refractivity contribution is 8.07. The average Bonchev–Trinajstić information content (AvgIpc) is 4.23. The molecule has 3 aliphatic heterocycles. The Kier molecular flexibility index (Phi) is 22.7. The van der Waals surface area contributed by atoms with Crippen LogP contribution in [0.25, 0.3) is 4.85 Å². The molecule has 88 heavy (non-hydrogen) atoms. The van der Waals surface area contributed by atoms with Crippen molar-refractivity contribution in [1.29, 1.82) is 0 Å². The van der Waals surface area contributed by atoms with E-state index < -0.39 is 139 Å². The number of aromatic amines is 3. The molecular weight excluding hydrogens is 1190 g/mol. The van der Waals surface area contributed by atoms with Gasteiger partial charge >= 0.3 is 47.7 Å². The van der Waals surface area contributed by atoms with Gasteiger partial charge < -0.3 is 56.7 Å². The normalized spacial score (nSPS) is 22.0. The standard InChI is InChI=1S/C36H44N5O13PS.C22H26N2O8/c1-8-25-27(14-30(51-25)41-16-22(5)33(44)39-36(41)47)54-55(56,49-10-9-37-7)50-17-28-26(13-29(52-28)40-15-21(4)32(43)38-35(40)46)53-31(42)18-48-34(45)24-11-19(2)23(6)20(3)12-24;1-11-5-15(6-12(2)14(11)4)21(28)30-10-19(26)32-16-7-18(31-17(16)9-25)24-8-13(3)20(27)23-22(24)29/h11-12,15-16,25-30H,8-10,13-14,17-18H2,1-6H3,(H,38,43,46)(H,39,44,47);5-6,8,16-18,25H,7,9-10H2,1-4H3,(H,23,27,29). The molecule has 30 heteroatoms. The Hall–Kier alpha value is -7.78. The number of nitrogens with zero attached hydrogens (tertiary/aromatic N) is 4. The van der Waals surface area contributed by atoms with Crippen molar-refractivity contribution in [3.8, 4) is 0 Å². The maximum Gasteiger partial charge on any atom is 0.344 e. The minimum atomic E-state index is -3.74. The van der Waals surface area contributed by atoms with Gasteiger partial charge in [-0.1, -0.05) is 6.92 Å². The number of carbonyl (C=O) groups is 4. The number of carbonyl (C=O) groups excluding carboxylic acids is 4. The number of aryl methyl sites for hydroxylation is 7. The van der Waals surface area contributed by atoms with Crippen LogP contribution in [0.3, 0.4) is 0 Å². The van der Waals surface area contributed by atoms with E-state index in [1.807, 2.05) is 48.5 Å². The fourth-order valence-corrected chi connectivity index (χ4v) is 11.9. The number of hydrogen-bond donors (Lipinski definition) is 4. The molecule has 10 atom stereocenters. The molecule has 2 aromatic carbocycles. The van der Waals surface area contributed by atoms with Gasteiger partial charge in [-0.15, -0.1) is 0 Å². The Bertz CT molecular complexity index is 3870. The summed E-state index contributed by atoms with van der Waals surface area (Å²) in [7, 11) is 0. The van der Waals surface area contributed by atoms with E-state index >= 15 is 0 Å². The van der Waals surface area contributed by atoms with Crippen LogP contribution in [0, 0.1) is 68.9 Å². The van der Waals surface area contributed by atoms with Gasteiger partial charge in [0.15, 0.2) is 13.2 Å². The van der Waals surface area contributed by atoms with Gasteiger partial charge in [0.2, 0.25) is 6.54 Å². The number of aliphatic hydroxyl groups excluding tert-OH is 1. The SMILES string of the molecule is Cc1cc(C(=O)OCC(=O)OC2CC(n3cc(C)c(=O)[nH]c3=O)OC2CO)cc(C)c1C.[C-]#[N+]CCOP(=S)(OCC1OC(n2cc(C)c(=O)[nH]c2=O)CC1OC(=O)COC(=O)c1cc(C)c(C)c(C)c1)OC1CC(n2cc(C)c(=O)[nH]c2=O)OC1CC. The minimum Gasteiger partial charge on any atom is -0.457 e. The maximum absolute atomic E-state index is 13.1. The highest BCUT2D eigenvalue weighted by atomic mass is 32.5. The first-order valence-corrected chi connectivity index (χ1v) is 30.5. The molecule has 28 nitrogen and oxygen atoms in total. The number of aromatic nitrogens is 6. The summed E-state index contributed by atoms with van der Waals surface area (Å²) >= 11 is 5.81. The van der Waals surface area contributed by atoms with E-state index in [-0.39, 0.29) is 50.1 Å². The molecule has 6 heterocycles. The van der Waals surface area contributed by atoms with Gasteiger partial charge in [-0.05, 0) is 138 Å². The smallest absolute Gasteiger partial charge is 0.344 e. The fraction of sp³-hybridized carbons (Fsp3) is 0.500. The molecule has 0 radical (unpaired) electrons. The van der Waals surface area contributed by atoms with Crippen LogP contribution in [0.2, 0.25) is 0 Å². The van der Waals surface area contributed by atoms with Crippen molar-refractivity contribution in [2.75, 3.05) is 39.6 Å². The Balaban J connectivity index is 0.000000292. The van der Waals surface area contributed by atoms with Gasteiger partial charge in [-0.25, -0.2) is 40.1 Å². The van der Waals surface area contributed by atoms with Gasteiger partial charge in [-0.2, -0.15) is 0 Å². The van der Waals surface area contributed by atoms with Crippen molar-refractivity contribution in [1.82, 2.24) is 28.7 Å². The number of hydrogen-bond acceptors (Lipinski definition) is 22. The molecule has 5 aromatic rings. The molecule has 0 saturated carbocycles. The van der Waals surface area contributed by atoms with Crippen LogP contribution in [-0.2, 0) is 68.1 Å². The second-order valence-electron chi connectivity index (χ2n) is 21.4. The summed E-state index contributed by atoms with van der Waals surface area (Å²) in [4.78, 5) is 134. The first kappa shape index (κ1) is 67.7. The summed E-state index contributed by atoms with van der Waals surface area (Å²) in [6.45, 7) is 18.9. The molecule has 0 bridgehead atoms. The van der Waals surface area contributed by atoms with Gasteiger partial charge in [0.05, 0.1) is 36.5 Å². The quantitative estimate of drug-likeness (QED) is 0.0267. The second kappa shape index (κ2) is 29.5. The second-order valence-corrected chi connectivity index (χ2v) is 24.4. The Labute approximate surface area is 508 Å². The molecule has 3 saturated heterocycles. The maximum atomic E-state index is 13.1.